The second-order valence-corrected chi connectivity index (χ2v) is 8.02. The minimum absolute atomic E-state index is 0.0708. The quantitative estimate of drug-likeness (QED) is 0.540. The van der Waals surface area contributed by atoms with E-state index >= 15 is 0 Å². The van der Waals surface area contributed by atoms with E-state index in [1.54, 1.807) is 12.1 Å². The first kappa shape index (κ1) is 22.0. The molecule has 4 rings (SSSR count). The summed E-state index contributed by atoms with van der Waals surface area (Å²) in [5.74, 6) is -2.99. The Balaban J connectivity index is 1.65. The maximum Gasteiger partial charge on any atom is 0.227 e. The molecule has 1 heterocycles. The third-order valence-electron chi connectivity index (χ3n) is 6.13. The summed E-state index contributed by atoms with van der Waals surface area (Å²) in [7, 11) is 0. The van der Waals surface area contributed by atoms with Gasteiger partial charge in [-0.25, -0.2) is 17.6 Å². The van der Waals surface area contributed by atoms with Gasteiger partial charge in [-0.05, 0) is 60.9 Å². The van der Waals surface area contributed by atoms with Gasteiger partial charge in [0.05, 0.1) is 0 Å². The second kappa shape index (κ2) is 8.74. The summed E-state index contributed by atoms with van der Waals surface area (Å²) >= 11 is 0. The highest BCUT2D eigenvalue weighted by atomic mass is 19.1. The summed E-state index contributed by atoms with van der Waals surface area (Å²) in [6.45, 7) is 0.155. The Labute approximate surface area is 182 Å². The van der Waals surface area contributed by atoms with Crippen LogP contribution in [0.2, 0.25) is 0 Å². The fourth-order valence-corrected chi connectivity index (χ4v) is 4.41. The molecule has 0 aliphatic carbocycles. The minimum Gasteiger partial charge on any atom is -0.396 e. The SMILES string of the molecule is O=C1CC(CCO)(c2ccc(F)cc2)CCN1c1ccc(F)c(-c2ccc(F)cc2F)c1. The molecule has 1 unspecified atom stereocenters. The number of rotatable bonds is 5. The van der Waals surface area contributed by atoms with E-state index in [-0.39, 0.29) is 42.4 Å². The number of aliphatic hydroxyl groups excluding tert-OH is 1. The van der Waals surface area contributed by atoms with Crippen molar-refractivity contribution in [3.05, 3.63) is 89.5 Å². The van der Waals surface area contributed by atoms with Gasteiger partial charge in [0.2, 0.25) is 5.91 Å². The van der Waals surface area contributed by atoms with Gasteiger partial charge in [0.15, 0.2) is 0 Å². The number of hydrogen-bond acceptors (Lipinski definition) is 2. The van der Waals surface area contributed by atoms with E-state index in [4.69, 9.17) is 0 Å². The van der Waals surface area contributed by atoms with Gasteiger partial charge in [-0.1, -0.05) is 12.1 Å². The molecule has 1 saturated heterocycles. The topological polar surface area (TPSA) is 40.5 Å². The van der Waals surface area contributed by atoms with Crippen LogP contribution in [0, 0.1) is 23.3 Å². The van der Waals surface area contributed by atoms with Crippen LogP contribution >= 0.6 is 0 Å². The highest BCUT2D eigenvalue weighted by molar-refractivity contribution is 5.96. The number of carbonyl (C=O) groups excluding carboxylic acids is 1. The smallest absolute Gasteiger partial charge is 0.227 e. The lowest BCUT2D eigenvalue weighted by Crippen LogP contribution is -2.47. The van der Waals surface area contributed by atoms with Crippen LogP contribution in [0.15, 0.2) is 60.7 Å². The molecule has 1 N–H and O–H groups in total. The van der Waals surface area contributed by atoms with Crippen LogP contribution < -0.4 is 4.90 Å². The highest BCUT2D eigenvalue weighted by Gasteiger charge is 2.40. The van der Waals surface area contributed by atoms with E-state index in [2.05, 4.69) is 0 Å². The second-order valence-electron chi connectivity index (χ2n) is 8.02. The van der Waals surface area contributed by atoms with Gasteiger partial charge in [0.25, 0.3) is 0 Å². The van der Waals surface area contributed by atoms with Crippen LogP contribution in [0.1, 0.15) is 24.8 Å². The van der Waals surface area contributed by atoms with E-state index in [9.17, 15) is 27.5 Å². The summed E-state index contributed by atoms with van der Waals surface area (Å²) in [6.07, 6.45) is 0.924. The maximum absolute atomic E-state index is 14.5. The van der Waals surface area contributed by atoms with Crippen LogP contribution in [0.4, 0.5) is 23.2 Å². The van der Waals surface area contributed by atoms with E-state index in [1.165, 1.54) is 29.2 Å². The zero-order valence-corrected chi connectivity index (χ0v) is 17.1. The van der Waals surface area contributed by atoms with Crippen molar-refractivity contribution in [2.45, 2.75) is 24.7 Å². The molecule has 3 nitrogen and oxygen atoms in total. The van der Waals surface area contributed by atoms with Crippen molar-refractivity contribution < 1.29 is 27.5 Å². The Kier molecular flexibility index (Phi) is 6.02. The fraction of sp³-hybridized carbons (Fsp3) is 0.240. The molecule has 0 aromatic heterocycles. The Bertz CT molecular complexity index is 1150. The Morgan fingerprint density at radius 3 is 2.22 bits per heavy atom. The number of halogens is 4. The van der Waals surface area contributed by atoms with Crippen LogP contribution in [0.5, 0.6) is 0 Å². The summed E-state index contributed by atoms with van der Waals surface area (Å²) in [6, 6.07) is 12.8. The molecule has 0 saturated carbocycles. The van der Waals surface area contributed by atoms with Crippen LogP contribution in [0.25, 0.3) is 11.1 Å². The van der Waals surface area contributed by atoms with E-state index in [0.717, 1.165) is 23.8 Å². The molecule has 166 valence electrons. The van der Waals surface area contributed by atoms with E-state index < -0.39 is 22.9 Å². The normalized spacial score (nSPS) is 18.8. The summed E-state index contributed by atoms with van der Waals surface area (Å²) < 4.78 is 55.3. The molecular weight excluding hydrogens is 422 g/mol. The summed E-state index contributed by atoms with van der Waals surface area (Å²) in [5.41, 5.74) is 0.359. The Morgan fingerprint density at radius 1 is 0.844 bits per heavy atom. The fourth-order valence-electron chi connectivity index (χ4n) is 4.41. The Hall–Kier alpha value is -3.19. The molecule has 0 bridgehead atoms. The molecule has 1 aliphatic heterocycles. The summed E-state index contributed by atoms with van der Waals surface area (Å²) in [4.78, 5) is 14.6. The molecule has 0 radical (unpaired) electrons. The molecule has 3 aromatic rings. The average Bonchev–Trinajstić information content (AvgIpc) is 2.75. The van der Waals surface area contributed by atoms with Crippen molar-refractivity contribution in [3.63, 3.8) is 0 Å². The molecule has 1 fully saturated rings. The van der Waals surface area contributed by atoms with Crippen LogP contribution in [0.3, 0.4) is 0 Å². The van der Waals surface area contributed by atoms with Crippen LogP contribution in [-0.4, -0.2) is 24.2 Å². The lowest BCUT2D eigenvalue weighted by atomic mass is 9.70. The Morgan fingerprint density at radius 2 is 1.56 bits per heavy atom. The van der Waals surface area contributed by atoms with Gasteiger partial charge < -0.3 is 10.0 Å². The number of anilines is 1. The predicted octanol–water partition coefficient (Wildman–Crippen LogP) is 5.36. The minimum atomic E-state index is -0.899. The lowest BCUT2D eigenvalue weighted by Gasteiger charge is -2.41. The van der Waals surface area contributed by atoms with Crippen LogP contribution in [-0.2, 0) is 10.2 Å². The van der Waals surface area contributed by atoms with Gasteiger partial charge in [0, 0.05) is 47.9 Å². The van der Waals surface area contributed by atoms with Crippen molar-refractivity contribution >= 4 is 11.6 Å². The number of piperidine rings is 1. The number of carbonyl (C=O) groups is 1. The zero-order chi connectivity index (χ0) is 22.9. The molecule has 1 aliphatic rings. The molecule has 1 amide bonds. The van der Waals surface area contributed by atoms with Crippen molar-refractivity contribution in [2.75, 3.05) is 18.1 Å². The number of nitrogens with zero attached hydrogens (tertiary/aromatic N) is 1. The van der Waals surface area contributed by atoms with Crippen molar-refractivity contribution in [2.24, 2.45) is 0 Å². The third-order valence-corrected chi connectivity index (χ3v) is 6.13. The molecule has 0 spiro atoms. The van der Waals surface area contributed by atoms with Crippen molar-refractivity contribution in [1.82, 2.24) is 0 Å². The molecular formula is C25H21F4NO2. The number of amides is 1. The van der Waals surface area contributed by atoms with Gasteiger partial charge in [-0.15, -0.1) is 0 Å². The maximum atomic E-state index is 14.5. The van der Waals surface area contributed by atoms with Crippen molar-refractivity contribution in [1.29, 1.82) is 0 Å². The number of hydrogen-bond donors (Lipinski definition) is 1. The van der Waals surface area contributed by atoms with Gasteiger partial charge >= 0.3 is 0 Å². The molecule has 1 atom stereocenters. The molecule has 7 heteroatoms. The van der Waals surface area contributed by atoms with Crippen molar-refractivity contribution in [3.8, 4) is 11.1 Å². The highest BCUT2D eigenvalue weighted by Crippen LogP contribution is 2.41. The number of aliphatic hydroxyl groups is 1. The monoisotopic (exact) mass is 443 g/mol. The third kappa shape index (κ3) is 4.12. The molecule has 32 heavy (non-hydrogen) atoms. The average molecular weight is 443 g/mol. The number of benzene rings is 3. The zero-order valence-electron chi connectivity index (χ0n) is 17.1. The first-order valence-electron chi connectivity index (χ1n) is 10.3. The predicted molar refractivity (Wildman–Crippen MR) is 113 cm³/mol. The summed E-state index contributed by atoms with van der Waals surface area (Å²) in [5, 5.41) is 9.60. The first-order valence-corrected chi connectivity index (χ1v) is 10.3. The van der Waals surface area contributed by atoms with Gasteiger partial charge in [-0.2, -0.15) is 0 Å². The standard InChI is InChI=1S/C25H21F4NO2/c26-17-3-1-16(2-4-17)25(10-12-31)9-11-30(24(32)15-25)19-6-8-22(28)21(14-19)20-7-5-18(27)13-23(20)29/h1-8,13-14,31H,9-12,15H2. The molecule has 3 aromatic carbocycles. The van der Waals surface area contributed by atoms with Gasteiger partial charge in [0.1, 0.15) is 23.3 Å². The first-order chi connectivity index (χ1) is 15.3. The van der Waals surface area contributed by atoms with E-state index in [0.29, 0.717) is 24.6 Å². The van der Waals surface area contributed by atoms with E-state index in [1.807, 2.05) is 0 Å². The van der Waals surface area contributed by atoms with Gasteiger partial charge in [-0.3, -0.25) is 4.79 Å². The largest absolute Gasteiger partial charge is 0.396 e. The lowest BCUT2D eigenvalue weighted by molar-refractivity contribution is -0.121.